The van der Waals surface area contributed by atoms with E-state index in [1.54, 1.807) is 52.0 Å². The number of methoxy groups -OCH3 is 1. The summed E-state index contributed by atoms with van der Waals surface area (Å²) < 4.78 is 21.5. The van der Waals surface area contributed by atoms with Crippen molar-refractivity contribution in [2.45, 2.75) is 32.2 Å². The summed E-state index contributed by atoms with van der Waals surface area (Å²) in [6.45, 7) is 8.98. The molecule has 13 heteroatoms. The van der Waals surface area contributed by atoms with E-state index in [9.17, 15) is 9.36 Å². The number of fused-ring (bicyclic) bond motifs is 1. The summed E-state index contributed by atoms with van der Waals surface area (Å²) in [5, 5.41) is 12.0. The minimum Gasteiger partial charge on any atom is -0.494 e. The highest BCUT2D eigenvalue weighted by atomic mass is 79.9. The first-order chi connectivity index (χ1) is 21.5. The van der Waals surface area contributed by atoms with E-state index in [0.29, 0.717) is 56.3 Å². The molecule has 0 saturated carbocycles. The molecule has 0 aliphatic carbocycles. The highest BCUT2D eigenvalue weighted by Gasteiger charge is 2.24. The van der Waals surface area contributed by atoms with Gasteiger partial charge in [0.15, 0.2) is 0 Å². The maximum Gasteiger partial charge on any atom is 0.258 e. The van der Waals surface area contributed by atoms with Gasteiger partial charge in [0.1, 0.15) is 18.7 Å². The van der Waals surface area contributed by atoms with Gasteiger partial charge in [-0.2, -0.15) is 4.98 Å². The van der Waals surface area contributed by atoms with Crippen LogP contribution in [-0.4, -0.2) is 67.2 Å². The molecule has 0 atom stereocenters. The third kappa shape index (κ3) is 7.19. The normalized spacial score (nSPS) is 14.2. The Hall–Kier alpha value is -3.44. The second kappa shape index (κ2) is 13.9. The molecule has 3 heterocycles. The molecule has 0 bridgehead atoms. The van der Waals surface area contributed by atoms with Crippen molar-refractivity contribution >= 4 is 68.0 Å². The number of pyridine rings is 1. The number of ether oxygens (including phenoxy) is 1. The molecule has 4 aromatic rings. The minimum absolute atomic E-state index is 0.140. The van der Waals surface area contributed by atoms with Crippen LogP contribution in [-0.2, 0) is 18.0 Å². The van der Waals surface area contributed by atoms with E-state index in [1.807, 2.05) is 6.07 Å². The Morgan fingerprint density at radius 3 is 2.53 bits per heavy atom. The molecular formula is C32H42BrN8O3P. The first-order valence-electron chi connectivity index (χ1n) is 15.2. The van der Waals surface area contributed by atoms with Gasteiger partial charge in [-0.3, -0.25) is 4.79 Å². The van der Waals surface area contributed by atoms with E-state index < -0.39 is 7.14 Å². The fourth-order valence-electron chi connectivity index (χ4n) is 5.92. The van der Waals surface area contributed by atoms with E-state index in [4.69, 9.17) is 15.5 Å². The van der Waals surface area contributed by atoms with Gasteiger partial charge in [0.25, 0.3) is 5.56 Å². The topological polar surface area (TPSA) is 139 Å². The summed E-state index contributed by atoms with van der Waals surface area (Å²) in [6.07, 6.45) is 6.34. The Labute approximate surface area is 272 Å². The molecule has 0 unspecified atom stereocenters. The van der Waals surface area contributed by atoms with E-state index in [0.717, 1.165) is 44.6 Å². The molecule has 45 heavy (non-hydrogen) atoms. The van der Waals surface area contributed by atoms with E-state index in [1.165, 1.54) is 15.8 Å². The predicted octanol–water partition coefficient (Wildman–Crippen LogP) is 4.91. The van der Waals surface area contributed by atoms with E-state index in [-0.39, 0.29) is 5.56 Å². The number of aromatic nitrogens is 3. The van der Waals surface area contributed by atoms with Crippen molar-refractivity contribution in [2.75, 3.05) is 62.2 Å². The zero-order chi connectivity index (χ0) is 32.3. The zero-order valence-electron chi connectivity index (χ0n) is 26.5. The number of rotatable bonds is 11. The third-order valence-corrected chi connectivity index (χ3v) is 10.3. The number of anilines is 5. The SMILES string of the molecule is CCc1cc(Nc2ncc(Br)c(Nc3ccc4c(=O)n(C)ccc4c3P(C)(C)=O)n2)c(OC)cc1N1CCC(NCCN)CC1. The predicted molar refractivity (Wildman–Crippen MR) is 189 cm³/mol. The van der Waals surface area contributed by atoms with Gasteiger partial charge in [0, 0.05) is 79.5 Å². The van der Waals surface area contributed by atoms with Gasteiger partial charge in [-0.1, -0.05) is 6.92 Å². The monoisotopic (exact) mass is 696 g/mol. The lowest BCUT2D eigenvalue weighted by Crippen LogP contribution is -2.44. The third-order valence-electron chi connectivity index (χ3n) is 8.21. The second-order valence-electron chi connectivity index (χ2n) is 11.7. The lowest BCUT2D eigenvalue weighted by molar-refractivity contribution is 0.412. The number of hydrogen-bond donors (Lipinski definition) is 4. The highest BCUT2D eigenvalue weighted by Crippen LogP contribution is 2.42. The van der Waals surface area contributed by atoms with Crippen LogP contribution in [0.5, 0.6) is 5.75 Å². The van der Waals surface area contributed by atoms with E-state index >= 15 is 0 Å². The molecule has 0 amide bonds. The Bertz CT molecular complexity index is 1800. The quantitative estimate of drug-likeness (QED) is 0.160. The fraction of sp³-hybridized carbons (Fsp3) is 0.406. The van der Waals surface area contributed by atoms with Crippen molar-refractivity contribution in [3.63, 3.8) is 0 Å². The van der Waals surface area contributed by atoms with Crippen LogP contribution in [0.2, 0.25) is 0 Å². The highest BCUT2D eigenvalue weighted by molar-refractivity contribution is 9.10. The summed E-state index contributed by atoms with van der Waals surface area (Å²) >= 11 is 3.56. The molecule has 2 aromatic carbocycles. The minimum atomic E-state index is -2.81. The van der Waals surface area contributed by atoms with Crippen LogP contribution in [0, 0.1) is 0 Å². The Kier molecular flexibility index (Phi) is 10.2. The zero-order valence-corrected chi connectivity index (χ0v) is 29.0. The summed E-state index contributed by atoms with van der Waals surface area (Å²) in [5.41, 5.74) is 9.30. The Morgan fingerprint density at radius 2 is 1.87 bits per heavy atom. The van der Waals surface area contributed by atoms with Gasteiger partial charge < -0.3 is 40.5 Å². The van der Waals surface area contributed by atoms with Gasteiger partial charge in [0.05, 0.1) is 23.0 Å². The molecule has 240 valence electrons. The summed E-state index contributed by atoms with van der Waals surface area (Å²) in [7, 11) is 0.553. The van der Waals surface area contributed by atoms with Crippen molar-refractivity contribution in [3.05, 3.63) is 63.1 Å². The number of aryl methyl sites for hydroxylation is 2. The number of hydrogen-bond acceptors (Lipinski definition) is 10. The summed E-state index contributed by atoms with van der Waals surface area (Å²) in [6, 6.07) is 10.1. The second-order valence-corrected chi connectivity index (χ2v) is 15.7. The maximum absolute atomic E-state index is 13.5. The molecule has 1 aliphatic heterocycles. The van der Waals surface area contributed by atoms with Crippen LogP contribution in [0.3, 0.4) is 0 Å². The van der Waals surface area contributed by atoms with Gasteiger partial charge >= 0.3 is 0 Å². The maximum atomic E-state index is 13.5. The van der Waals surface area contributed by atoms with Crippen LogP contribution in [0.15, 0.2) is 52.0 Å². The standard InChI is InChI=1S/C32H42BrN8O3P/c1-6-20-17-26(28(44-3)18-27(20)41-15-9-21(10-16-41)35-13-12-34)38-32-36-19-24(33)30(39-32)37-25-8-7-23-22(29(25)45(4,5)43)11-14-40(2)31(23)42/h7-8,11,14,17-19,21,35H,6,9-10,12-13,15-16,34H2,1-5H3,(H2,36,37,38,39). The number of benzene rings is 2. The van der Waals surface area contributed by atoms with Gasteiger partial charge in [0.2, 0.25) is 5.95 Å². The first-order valence-corrected chi connectivity index (χ1v) is 18.6. The van der Waals surface area contributed by atoms with Crippen molar-refractivity contribution in [2.24, 2.45) is 12.8 Å². The summed E-state index contributed by atoms with van der Waals surface area (Å²) in [4.78, 5) is 24.5. The number of nitrogens with two attached hydrogens (primary N) is 1. The van der Waals surface area contributed by atoms with Gasteiger partial charge in [-0.25, -0.2) is 4.98 Å². The molecule has 2 aromatic heterocycles. The number of nitrogens with one attached hydrogen (secondary N) is 3. The van der Waals surface area contributed by atoms with Crippen molar-refractivity contribution in [3.8, 4) is 5.75 Å². The van der Waals surface area contributed by atoms with Crippen molar-refractivity contribution in [1.29, 1.82) is 0 Å². The molecule has 0 spiro atoms. The van der Waals surface area contributed by atoms with Crippen LogP contribution in [0.1, 0.15) is 25.3 Å². The van der Waals surface area contributed by atoms with Crippen LogP contribution in [0.4, 0.5) is 28.8 Å². The largest absolute Gasteiger partial charge is 0.494 e. The van der Waals surface area contributed by atoms with Crippen LogP contribution in [0.25, 0.3) is 10.8 Å². The van der Waals surface area contributed by atoms with E-state index in [2.05, 4.69) is 60.8 Å². The first kappa shape index (κ1) is 32.9. The average molecular weight is 698 g/mol. The molecule has 5 rings (SSSR count). The van der Waals surface area contributed by atoms with Crippen molar-refractivity contribution < 1.29 is 9.30 Å². The molecule has 11 nitrogen and oxygen atoms in total. The summed E-state index contributed by atoms with van der Waals surface area (Å²) in [5.74, 6) is 1.55. The average Bonchev–Trinajstić information content (AvgIpc) is 3.02. The number of nitrogens with zero attached hydrogens (tertiary/aromatic N) is 4. The van der Waals surface area contributed by atoms with Gasteiger partial charge in [-0.05, 0) is 78.4 Å². The molecule has 1 fully saturated rings. The smallest absolute Gasteiger partial charge is 0.258 e. The molecule has 1 aliphatic rings. The lowest BCUT2D eigenvalue weighted by Gasteiger charge is -2.35. The molecule has 0 radical (unpaired) electrons. The number of piperidine rings is 1. The van der Waals surface area contributed by atoms with Crippen molar-refractivity contribution in [1.82, 2.24) is 19.9 Å². The fourth-order valence-corrected chi connectivity index (χ4v) is 7.70. The molecule has 5 N–H and O–H groups in total. The van der Waals surface area contributed by atoms with Crippen LogP contribution < -0.4 is 42.2 Å². The molecule has 1 saturated heterocycles. The number of halogens is 1. The lowest BCUT2D eigenvalue weighted by atomic mass is 10.0. The molecular weight excluding hydrogens is 655 g/mol. The Balaban J connectivity index is 1.44. The van der Waals surface area contributed by atoms with Gasteiger partial charge in [-0.15, -0.1) is 0 Å². The van der Waals surface area contributed by atoms with Crippen LogP contribution >= 0.6 is 23.1 Å². The Morgan fingerprint density at radius 1 is 1.11 bits per heavy atom.